The van der Waals surface area contributed by atoms with Gasteiger partial charge in [0, 0.05) is 39.3 Å². The molecule has 7 aromatic rings. The third kappa shape index (κ3) is 3.31. The van der Waals surface area contributed by atoms with Crippen LogP contribution in [0.25, 0.3) is 55.2 Å². The lowest BCUT2D eigenvalue weighted by Crippen LogP contribution is -2.12. The molecule has 0 radical (unpaired) electrons. The molecular formula is C35H25FN4. The number of para-hydroxylation sites is 3. The molecule has 1 aliphatic carbocycles. The molecule has 40 heavy (non-hydrogen) atoms. The van der Waals surface area contributed by atoms with Gasteiger partial charge in [0.25, 0.3) is 0 Å². The first-order valence-corrected chi connectivity index (χ1v) is 13.6. The minimum Gasteiger partial charge on any atom is -0.307 e. The average molecular weight is 521 g/mol. The largest absolute Gasteiger partial charge is 0.307 e. The molecule has 1 unspecified atom stereocenters. The van der Waals surface area contributed by atoms with Gasteiger partial charge in [0.15, 0.2) is 0 Å². The van der Waals surface area contributed by atoms with E-state index in [0.29, 0.717) is 5.95 Å². The van der Waals surface area contributed by atoms with Gasteiger partial charge in [-0.3, -0.25) is 4.57 Å². The van der Waals surface area contributed by atoms with Gasteiger partial charge in [-0.25, -0.2) is 14.4 Å². The maximum Gasteiger partial charge on any atom is 0.234 e. The Kier molecular flexibility index (Phi) is 5.01. The maximum atomic E-state index is 13.9. The molecular weight excluding hydrogens is 495 g/mol. The number of halogens is 1. The zero-order chi connectivity index (χ0) is 26.8. The van der Waals surface area contributed by atoms with Crippen molar-refractivity contribution in [2.24, 2.45) is 5.92 Å². The number of hydrogen-bond acceptors (Lipinski definition) is 2. The Labute approximate surface area is 230 Å². The summed E-state index contributed by atoms with van der Waals surface area (Å²) in [6.45, 7) is 2.03. The van der Waals surface area contributed by atoms with Crippen LogP contribution in [0.15, 0.2) is 127 Å². The molecule has 3 aromatic heterocycles. The zero-order valence-electron chi connectivity index (χ0n) is 21.9. The quantitative estimate of drug-likeness (QED) is 0.233. The molecule has 5 heteroatoms. The van der Waals surface area contributed by atoms with Crippen molar-refractivity contribution < 1.29 is 4.39 Å². The fraction of sp³-hybridized carbons (Fsp3) is 0.0857. The van der Waals surface area contributed by atoms with Crippen molar-refractivity contribution in [1.29, 1.82) is 0 Å². The lowest BCUT2D eigenvalue weighted by atomic mass is 9.87. The Morgan fingerprint density at radius 2 is 1.30 bits per heavy atom. The average Bonchev–Trinajstić information content (AvgIpc) is 3.51. The van der Waals surface area contributed by atoms with E-state index >= 15 is 0 Å². The lowest BCUT2D eigenvalue weighted by Gasteiger charge is -2.21. The number of fused-ring (bicyclic) bond motifs is 7. The van der Waals surface area contributed by atoms with Gasteiger partial charge < -0.3 is 4.57 Å². The highest BCUT2D eigenvalue weighted by molar-refractivity contribution is 6.23. The fourth-order valence-electron chi connectivity index (χ4n) is 6.36. The van der Waals surface area contributed by atoms with Gasteiger partial charge in [0.2, 0.25) is 5.95 Å². The van der Waals surface area contributed by atoms with Crippen LogP contribution in [0.1, 0.15) is 18.5 Å². The minimum atomic E-state index is -0.198. The van der Waals surface area contributed by atoms with Crippen LogP contribution in [0.4, 0.5) is 4.39 Å². The molecule has 0 aliphatic heterocycles. The molecule has 2 atom stereocenters. The second kappa shape index (κ2) is 8.75. The number of nitrogens with zero attached hydrogens (tertiary/aromatic N) is 4. The molecule has 0 N–H and O–H groups in total. The van der Waals surface area contributed by atoms with E-state index in [9.17, 15) is 4.39 Å². The normalized spacial score (nSPS) is 17.3. The first kappa shape index (κ1) is 22.9. The SMILES string of the molecule is C[C@H]1C=C(F)C=CC1c1ccnc(-n2c3ccccc3c3ccc4c5ccccc5n(-c5ccccc5)c4c32)n1. The van der Waals surface area contributed by atoms with Gasteiger partial charge in [0.1, 0.15) is 5.83 Å². The van der Waals surface area contributed by atoms with Crippen LogP contribution in [-0.4, -0.2) is 19.1 Å². The van der Waals surface area contributed by atoms with E-state index in [1.807, 2.05) is 31.3 Å². The molecule has 192 valence electrons. The molecule has 0 saturated heterocycles. The number of allylic oxidation sites excluding steroid dienone is 4. The van der Waals surface area contributed by atoms with E-state index in [4.69, 9.17) is 9.97 Å². The van der Waals surface area contributed by atoms with Gasteiger partial charge in [-0.2, -0.15) is 0 Å². The molecule has 1 aliphatic rings. The van der Waals surface area contributed by atoms with Crippen molar-refractivity contribution >= 4 is 43.6 Å². The monoisotopic (exact) mass is 520 g/mol. The van der Waals surface area contributed by atoms with Gasteiger partial charge in [-0.15, -0.1) is 0 Å². The van der Waals surface area contributed by atoms with Gasteiger partial charge in [0.05, 0.1) is 27.8 Å². The van der Waals surface area contributed by atoms with Gasteiger partial charge >= 0.3 is 0 Å². The Bertz CT molecular complexity index is 2150. The van der Waals surface area contributed by atoms with Crippen molar-refractivity contribution in [2.75, 3.05) is 0 Å². The molecule has 8 rings (SSSR count). The van der Waals surface area contributed by atoms with Crippen molar-refractivity contribution in [3.63, 3.8) is 0 Å². The molecule has 3 heterocycles. The van der Waals surface area contributed by atoms with E-state index in [1.165, 1.54) is 16.8 Å². The zero-order valence-corrected chi connectivity index (χ0v) is 21.9. The van der Waals surface area contributed by atoms with E-state index in [0.717, 1.165) is 44.2 Å². The fourth-order valence-corrected chi connectivity index (χ4v) is 6.36. The molecule has 4 aromatic carbocycles. The topological polar surface area (TPSA) is 35.6 Å². The summed E-state index contributed by atoms with van der Waals surface area (Å²) in [6.07, 6.45) is 6.92. The Balaban J connectivity index is 1.51. The third-order valence-electron chi connectivity index (χ3n) is 8.14. The highest BCUT2D eigenvalue weighted by Gasteiger charge is 2.24. The molecule has 0 fully saturated rings. The van der Waals surface area contributed by atoms with Crippen molar-refractivity contribution in [3.05, 3.63) is 133 Å². The predicted octanol–water partition coefficient (Wildman–Crippen LogP) is 8.81. The van der Waals surface area contributed by atoms with Crippen LogP contribution < -0.4 is 0 Å². The predicted molar refractivity (Wildman–Crippen MR) is 161 cm³/mol. The second-order valence-corrected chi connectivity index (χ2v) is 10.5. The summed E-state index contributed by atoms with van der Waals surface area (Å²) in [4.78, 5) is 9.93. The van der Waals surface area contributed by atoms with Crippen LogP contribution in [0.2, 0.25) is 0 Å². The molecule has 4 nitrogen and oxygen atoms in total. The number of rotatable bonds is 3. The number of hydrogen-bond donors (Lipinski definition) is 0. The van der Waals surface area contributed by atoms with Gasteiger partial charge in [-0.05, 0) is 48.4 Å². The third-order valence-corrected chi connectivity index (χ3v) is 8.14. The van der Waals surface area contributed by atoms with E-state index in [2.05, 4.69) is 94.1 Å². The first-order chi connectivity index (χ1) is 19.7. The Hall–Kier alpha value is -5.03. The molecule has 0 saturated carbocycles. The molecule has 0 amide bonds. The van der Waals surface area contributed by atoms with Crippen LogP contribution in [0, 0.1) is 5.92 Å². The minimum absolute atomic E-state index is 0.00165. The summed E-state index contributed by atoms with van der Waals surface area (Å²) in [5.74, 6) is 0.386. The Morgan fingerprint density at radius 1 is 0.675 bits per heavy atom. The van der Waals surface area contributed by atoms with E-state index < -0.39 is 0 Å². The molecule has 0 spiro atoms. The highest BCUT2D eigenvalue weighted by Crippen LogP contribution is 2.41. The van der Waals surface area contributed by atoms with Crippen molar-refractivity contribution in [1.82, 2.24) is 19.1 Å². The first-order valence-electron chi connectivity index (χ1n) is 13.6. The second-order valence-electron chi connectivity index (χ2n) is 10.5. The number of aromatic nitrogens is 4. The summed E-state index contributed by atoms with van der Waals surface area (Å²) in [7, 11) is 0. The summed E-state index contributed by atoms with van der Waals surface area (Å²) in [5, 5.41) is 4.67. The van der Waals surface area contributed by atoms with Crippen molar-refractivity contribution in [3.8, 4) is 11.6 Å². The van der Waals surface area contributed by atoms with E-state index in [1.54, 1.807) is 6.08 Å². The summed E-state index contributed by atoms with van der Waals surface area (Å²) in [5.41, 5.74) is 6.35. The maximum absolute atomic E-state index is 13.9. The van der Waals surface area contributed by atoms with Gasteiger partial charge in [-0.1, -0.05) is 79.7 Å². The summed E-state index contributed by atoms with van der Waals surface area (Å²) >= 11 is 0. The summed E-state index contributed by atoms with van der Waals surface area (Å²) in [6, 6.07) is 33.9. The van der Waals surface area contributed by atoms with Crippen molar-refractivity contribution in [2.45, 2.75) is 12.8 Å². The smallest absolute Gasteiger partial charge is 0.234 e. The standard InChI is InChI=1S/C35H25FN4/c1-22-21-23(36)15-16-25(22)30-19-20-37-35(38-30)40-32-14-8-6-12-27(32)29-18-17-28-26-11-5-7-13-31(26)39(33(28)34(29)40)24-9-3-2-4-10-24/h2-22,25H,1H3/t22-,25?/m0/s1. The van der Waals surface area contributed by atoms with Crippen LogP contribution in [0.5, 0.6) is 0 Å². The van der Waals surface area contributed by atoms with Crippen LogP contribution in [0.3, 0.4) is 0 Å². The highest BCUT2D eigenvalue weighted by atomic mass is 19.1. The van der Waals surface area contributed by atoms with Crippen LogP contribution in [-0.2, 0) is 0 Å². The Morgan fingerprint density at radius 3 is 2.00 bits per heavy atom. The molecule has 0 bridgehead atoms. The van der Waals surface area contributed by atoms with E-state index in [-0.39, 0.29) is 17.7 Å². The lowest BCUT2D eigenvalue weighted by molar-refractivity contribution is 0.567. The number of benzene rings is 4. The summed E-state index contributed by atoms with van der Waals surface area (Å²) < 4.78 is 18.5. The van der Waals surface area contributed by atoms with Crippen LogP contribution >= 0.6 is 0 Å².